The molecule has 0 unspecified atom stereocenters. The third-order valence-corrected chi connectivity index (χ3v) is 6.27. The van der Waals surface area contributed by atoms with Crippen molar-refractivity contribution < 1.29 is 14.3 Å². The molecule has 0 spiro atoms. The number of thiocarbonyl (C=S) groups is 1. The van der Waals surface area contributed by atoms with Crippen molar-refractivity contribution in [2.75, 3.05) is 30.4 Å². The lowest BCUT2D eigenvalue weighted by Gasteiger charge is -2.30. The van der Waals surface area contributed by atoms with Crippen LogP contribution in [-0.2, 0) is 6.61 Å². The van der Waals surface area contributed by atoms with Crippen molar-refractivity contribution >= 4 is 46.2 Å². The van der Waals surface area contributed by atoms with E-state index in [0.29, 0.717) is 28.7 Å². The first-order valence-corrected chi connectivity index (χ1v) is 12.3. The van der Waals surface area contributed by atoms with Gasteiger partial charge < -0.3 is 19.7 Å². The van der Waals surface area contributed by atoms with E-state index >= 15 is 0 Å². The molecule has 1 heterocycles. The topological polar surface area (TPSA) is 62.8 Å². The number of rotatable bonds is 7. The number of nitrogens with zero attached hydrogens (tertiary/aromatic N) is 1. The fraction of sp³-hybridized carbons (Fsp3) is 0.259. The number of halogens is 1. The van der Waals surface area contributed by atoms with Crippen molar-refractivity contribution in [1.29, 1.82) is 0 Å². The molecule has 1 fully saturated rings. The van der Waals surface area contributed by atoms with Crippen molar-refractivity contribution in [3.63, 3.8) is 0 Å². The molecule has 0 atom stereocenters. The molecular weight excluding hydrogens is 482 g/mol. The average Bonchev–Trinajstić information content (AvgIpc) is 2.89. The van der Waals surface area contributed by atoms with E-state index in [1.54, 1.807) is 18.2 Å². The van der Waals surface area contributed by atoms with Crippen LogP contribution in [0.4, 0.5) is 11.4 Å². The van der Waals surface area contributed by atoms with Gasteiger partial charge in [-0.15, -0.1) is 0 Å². The summed E-state index contributed by atoms with van der Waals surface area (Å²) in [6, 6.07) is 20.5. The standard InChI is InChI=1S/C27H28ClN3O3S/c1-33-25-17-20(11-14-24(25)34-18-19-9-12-21(28)13-10-19)26(32)30-27(35)29-22-7-3-4-8-23(22)31-15-5-2-6-16-31/h3-4,7-14,17H,2,5-6,15-16,18H2,1H3,(H2,29,30,32,35). The smallest absolute Gasteiger partial charge is 0.257 e. The molecule has 0 aliphatic carbocycles. The minimum atomic E-state index is -0.333. The molecule has 0 aromatic heterocycles. The maximum absolute atomic E-state index is 12.9. The number of para-hydroxylation sites is 2. The first-order chi connectivity index (χ1) is 17.0. The Morgan fingerprint density at radius 2 is 1.74 bits per heavy atom. The van der Waals surface area contributed by atoms with Gasteiger partial charge in [0.15, 0.2) is 16.6 Å². The van der Waals surface area contributed by atoms with Crippen LogP contribution in [-0.4, -0.2) is 31.2 Å². The molecule has 1 saturated heterocycles. The number of nitrogens with one attached hydrogen (secondary N) is 2. The highest BCUT2D eigenvalue weighted by atomic mass is 35.5. The number of hydrogen-bond acceptors (Lipinski definition) is 5. The minimum absolute atomic E-state index is 0.237. The Balaban J connectivity index is 1.38. The lowest BCUT2D eigenvalue weighted by Crippen LogP contribution is -2.35. The fourth-order valence-corrected chi connectivity index (χ4v) is 4.32. The normalized spacial score (nSPS) is 13.1. The molecule has 1 aliphatic rings. The highest BCUT2D eigenvalue weighted by Crippen LogP contribution is 2.30. The van der Waals surface area contributed by atoms with Crippen LogP contribution in [0.25, 0.3) is 0 Å². The van der Waals surface area contributed by atoms with Gasteiger partial charge in [0.25, 0.3) is 5.91 Å². The Kier molecular flexibility index (Phi) is 8.45. The van der Waals surface area contributed by atoms with E-state index < -0.39 is 0 Å². The second kappa shape index (κ2) is 11.9. The zero-order valence-electron chi connectivity index (χ0n) is 19.6. The molecular formula is C27H28ClN3O3S. The zero-order chi connectivity index (χ0) is 24.6. The van der Waals surface area contributed by atoms with Crippen molar-refractivity contribution in [3.05, 3.63) is 82.9 Å². The first kappa shape index (κ1) is 24.8. The first-order valence-electron chi connectivity index (χ1n) is 11.5. The van der Waals surface area contributed by atoms with E-state index in [-0.39, 0.29) is 11.0 Å². The van der Waals surface area contributed by atoms with Gasteiger partial charge in [-0.05, 0) is 79.5 Å². The Bertz CT molecular complexity index is 1180. The SMILES string of the molecule is COc1cc(C(=O)NC(=S)Nc2ccccc2N2CCCCC2)ccc1OCc1ccc(Cl)cc1. The summed E-state index contributed by atoms with van der Waals surface area (Å²) in [5.41, 5.74) is 3.35. The highest BCUT2D eigenvalue weighted by molar-refractivity contribution is 7.80. The molecule has 3 aromatic rings. The number of methoxy groups -OCH3 is 1. The summed E-state index contributed by atoms with van der Waals surface area (Å²) in [7, 11) is 1.54. The Hall–Kier alpha value is -3.29. The van der Waals surface area contributed by atoms with Crippen molar-refractivity contribution in [2.45, 2.75) is 25.9 Å². The predicted molar refractivity (Wildman–Crippen MR) is 145 cm³/mol. The van der Waals surface area contributed by atoms with Crippen LogP contribution in [0.15, 0.2) is 66.7 Å². The van der Waals surface area contributed by atoms with Gasteiger partial charge in [-0.2, -0.15) is 0 Å². The maximum Gasteiger partial charge on any atom is 0.257 e. The summed E-state index contributed by atoms with van der Waals surface area (Å²) in [6.45, 7) is 2.39. The number of carbonyl (C=O) groups excluding carboxylic acids is 1. The largest absolute Gasteiger partial charge is 0.493 e. The third-order valence-electron chi connectivity index (χ3n) is 5.81. The van der Waals surface area contributed by atoms with Crippen LogP contribution in [0.1, 0.15) is 35.2 Å². The van der Waals surface area contributed by atoms with E-state index in [2.05, 4.69) is 21.6 Å². The lowest BCUT2D eigenvalue weighted by molar-refractivity contribution is 0.0977. The van der Waals surface area contributed by atoms with Crippen LogP contribution in [0, 0.1) is 0 Å². The second-order valence-electron chi connectivity index (χ2n) is 8.25. The van der Waals surface area contributed by atoms with E-state index in [1.165, 1.54) is 26.4 Å². The van der Waals surface area contributed by atoms with Crippen LogP contribution in [0.5, 0.6) is 11.5 Å². The van der Waals surface area contributed by atoms with Crippen LogP contribution in [0.2, 0.25) is 5.02 Å². The van der Waals surface area contributed by atoms with Crippen LogP contribution >= 0.6 is 23.8 Å². The third kappa shape index (κ3) is 6.65. The summed E-state index contributed by atoms with van der Waals surface area (Å²) >= 11 is 11.4. The summed E-state index contributed by atoms with van der Waals surface area (Å²) in [6.07, 6.45) is 3.61. The van der Waals surface area contributed by atoms with Crippen molar-refractivity contribution in [1.82, 2.24) is 5.32 Å². The quantitative estimate of drug-likeness (QED) is 0.378. The van der Waals surface area contributed by atoms with Crippen LogP contribution < -0.4 is 25.0 Å². The van der Waals surface area contributed by atoms with E-state index in [1.807, 2.05) is 42.5 Å². The summed E-state index contributed by atoms with van der Waals surface area (Å²) in [5, 5.41) is 6.85. The molecule has 1 amide bonds. The summed E-state index contributed by atoms with van der Waals surface area (Å²) in [5.74, 6) is 0.664. The lowest BCUT2D eigenvalue weighted by atomic mass is 10.1. The molecule has 1 aliphatic heterocycles. The van der Waals surface area contributed by atoms with Gasteiger partial charge in [-0.1, -0.05) is 35.9 Å². The number of piperidine rings is 1. The summed E-state index contributed by atoms with van der Waals surface area (Å²) < 4.78 is 11.3. The molecule has 0 saturated carbocycles. The van der Waals surface area contributed by atoms with Gasteiger partial charge in [-0.25, -0.2) is 0 Å². The monoisotopic (exact) mass is 509 g/mol. The molecule has 35 heavy (non-hydrogen) atoms. The summed E-state index contributed by atoms with van der Waals surface area (Å²) in [4.78, 5) is 15.2. The van der Waals surface area contributed by atoms with E-state index in [4.69, 9.17) is 33.3 Å². The van der Waals surface area contributed by atoms with E-state index in [9.17, 15) is 4.79 Å². The minimum Gasteiger partial charge on any atom is -0.493 e. The van der Waals surface area contributed by atoms with Gasteiger partial charge in [-0.3, -0.25) is 10.1 Å². The Morgan fingerprint density at radius 1 is 1.00 bits per heavy atom. The molecule has 0 radical (unpaired) electrons. The second-order valence-corrected chi connectivity index (χ2v) is 9.10. The maximum atomic E-state index is 12.9. The van der Waals surface area contributed by atoms with Crippen molar-refractivity contribution in [2.24, 2.45) is 0 Å². The fourth-order valence-electron chi connectivity index (χ4n) is 3.99. The molecule has 6 nitrogen and oxygen atoms in total. The molecule has 2 N–H and O–H groups in total. The van der Waals surface area contributed by atoms with Gasteiger partial charge in [0.2, 0.25) is 0 Å². The Labute approximate surface area is 216 Å². The Morgan fingerprint density at radius 3 is 2.49 bits per heavy atom. The van der Waals surface area contributed by atoms with Crippen LogP contribution in [0.3, 0.4) is 0 Å². The number of amides is 1. The van der Waals surface area contributed by atoms with Gasteiger partial charge in [0, 0.05) is 23.7 Å². The average molecular weight is 510 g/mol. The van der Waals surface area contributed by atoms with Gasteiger partial charge in [0.05, 0.1) is 18.5 Å². The molecule has 182 valence electrons. The number of benzene rings is 3. The van der Waals surface area contributed by atoms with Gasteiger partial charge >= 0.3 is 0 Å². The predicted octanol–water partition coefficient (Wildman–Crippen LogP) is 6.04. The van der Waals surface area contributed by atoms with Gasteiger partial charge in [0.1, 0.15) is 6.61 Å². The molecule has 0 bridgehead atoms. The molecule has 3 aromatic carbocycles. The van der Waals surface area contributed by atoms with E-state index in [0.717, 1.165) is 30.0 Å². The number of anilines is 2. The molecule has 8 heteroatoms. The molecule has 4 rings (SSSR count). The number of ether oxygens (including phenoxy) is 2. The number of hydrogen-bond donors (Lipinski definition) is 2. The number of carbonyl (C=O) groups is 1. The highest BCUT2D eigenvalue weighted by Gasteiger charge is 2.16. The zero-order valence-corrected chi connectivity index (χ0v) is 21.1. The van der Waals surface area contributed by atoms with Crippen molar-refractivity contribution in [3.8, 4) is 11.5 Å².